The van der Waals surface area contributed by atoms with E-state index >= 15 is 0 Å². The van der Waals surface area contributed by atoms with E-state index in [1.54, 1.807) is 0 Å². The van der Waals surface area contributed by atoms with Crippen LogP contribution in [0.25, 0.3) is 33.4 Å². The number of ether oxygens (including phenoxy) is 1. The zero-order valence-electron chi connectivity index (χ0n) is 33.7. The summed E-state index contributed by atoms with van der Waals surface area (Å²) in [6, 6.07) is 81.8. The first kappa shape index (κ1) is 35.7. The third kappa shape index (κ3) is 5.56. The molecule has 0 atom stereocenters. The third-order valence-electron chi connectivity index (χ3n) is 12.8. The van der Waals surface area contributed by atoms with E-state index in [-0.39, 0.29) is 5.41 Å². The summed E-state index contributed by atoms with van der Waals surface area (Å²) in [6.45, 7) is 4.60. The molecule has 0 bridgehead atoms. The second kappa shape index (κ2) is 14.1. The number of rotatable bonds is 7. The zero-order valence-corrected chi connectivity index (χ0v) is 33.7. The van der Waals surface area contributed by atoms with E-state index in [0.717, 1.165) is 39.7 Å². The number of fused-ring (bicyclic) bond motifs is 5. The Morgan fingerprint density at radius 1 is 0.333 bits per heavy atom. The maximum absolute atomic E-state index is 6.55. The van der Waals surface area contributed by atoms with E-state index in [1.807, 2.05) is 6.07 Å². The fraction of sp³-hybridized carbons (Fsp3) is 0.0690. The van der Waals surface area contributed by atoms with E-state index in [2.05, 4.69) is 237 Å². The van der Waals surface area contributed by atoms with Gasteiger partial charge in [0.15, 0.2) is 0 Å². The SMILES string of the molecule is CC1(C)c2ccccc2Oc2ccc(N(c3cccc(-c4ccccc4)c3)c3cccc(-c4ccccc4C4(c5ccccc5)c5ccccc5-c5ccccc54)c3)cc21. The van der Waals surface area contributed by atoms with Gasteiger partial charge in [0.05, 0.1) is 5.41 Å². The highest BCUT2D eigenvalue weighted by Gasteiger charge is 2.47. The van der Waals surface area contributed by atoms with Crippen molar-refractivity contribution in [2.75, 3.05) is 4.90 Å². The van der Waals surface area contributed by atoms with Crippen molar-refractivity contribution >= 4 is 17.1 Å². The van der Waals surface area contributed by atoms with Crippen LogP contribution in [0.2, 0.25) is 0 Å². The zero-order chi connectivity index (χ0) is 40.3. The number of nitrogens with zero attached hydrogens (tertiary/aromatic N) is 1. The molecule has 1 aliphatic carbocycles. The Morgan fingerprint density at radius 2 is 0.800 bits per heavy atom. The highest BCUT2D eigenvalue weighted by molar-refractivity contribution is 5.90. The van der Waals surface area contributed by atoms with E-state index in [0.29, 0.717) is 0 Å². The van der Waals surface area contributed by atoms with Crippen molar-refractivity contribution < 1.29 is 4.74 Å². The molecule has 2 nitrogen and oxygen atoms in total. The second-order valence-corrected chi connectivity index (χ2v) is 16.5. The Kier molecular flexibility index (Phi) is 8.42. The summed E-state index contributed by atoms with van der Waals surface area (Å²) >= 11 is 0. The largest absolute Gasteiger partial charge is 0.457 e. The van der Waals surface area contributed by atoms with Crippen LogP contribution >= 0.6 is 0 Å². The molecular formula is C58H43NO. The first-order valence-corrected chi connectivity index (χ1v) is 20.8. The molecule has 0 N–H and O–H groups in total. The van der Waals surface area contributed by atoms with Crippen molar-refractivity contribution in [3.05, 3.63) is 258 Å². The number of anilines is 3. The molecule has 11 rings (SSSR count). The average Bonchev–Trinajstić information content (AvgIpc) is 3.61. The fourth-order valence-corrected chi connectivity index (χ4v) is 10.0. The number of hydrogen-bond donors (Lipinski definition) is 0. The second-order valence-electron chi connectivity index (χ2n) is 16.5. The molecule has 0 saturated heterocycles. The first-order chi connectivity index (χ1) is 29.5. The van der Waals surface area contributed by atoms with E-state index in [9.17, 15) is 0 Å². The Hall–Kier alpha value is -7.42. The molecule has 9 aromatic rings. The quantitative estimate of drug-likeness (QED) is 0.160. The molecule has 2 heteroatoms. The highest BCUT2D eigenvalue weighted by atomic mass is 16.5. The van der Waals surface area contributed by atoms with Gasteiger partial charge < -0.3 is 9.64 Å². The normalized spacial score (nSPS) is 13.9. The molecule has 0 radical (unpaired) electrons. The molecule has 0 saturated carbocycles. The van der Waals surface area contributed by atoms with Crippen molar-refractivity contribution in [2.45, 2.75) is 24.7 Å². The van der Waals surface area contributed by atoms with Gasteiger partial charge in [0.25, 0.3) is 0 Å². The Labute approximate surface area is 352 Å². The number of hydrogen-bond acceptors (Lipinski definition) is 2. The van der Waals surface area contributed by atoms with Gasteiger partial charge in [-0.15, -0.1) is 0 Å². The van der Waals surface area contributed by atoms with Crippen molar-refractivity contribution in [2.24, 2.45) is 0 Å². The minimum atomic E-state index is -0.523. The maximum atomic E-state index is 6.55. The molecule has 0 fully saturated rings. The standard InChI is InChI=1S/C58H43NO/c1-57(2)53-33-15-16-34-55(53)60-56-36-35-46(39-54(56)57)59(44-25-17-21-41(37-44)40-19-5-3-6-20-40)45-26-18-22-42(38-45)47-27-9-12-30-50(47)58(43-23-7-4-8-24-43)51-31-13-10-28-48(51)49-29-11-14-32-52(49)58/h3-39H,1-2H3. The van der Waals surface area contributed by atoms with Gasteiger partial charge >= 0.3 is 0 Å². The molecule has 9 aromatic carbocycles. The van der Waals surface area contributed by atoms with Crippen molar-refractivity contribution in [1.82, 2.24) is 0 Å². The molecular weight excluding hydrogens is 727 g/mol. The lowest BCUT2D eigenvalue weighted by Gasteiger charge is -2.36. The van der Waals surface area contributed by atoms with Gasteiger partial charge in [0, 0.05) is 33.6 Å². The minimum absolute atomic E-state index is 0.266. The van der Waals surface area contributed by atoms with Crippen LogP contribution < -0.4 is 9.64 Å². The molecule has 0 aromatic heterocycles. The van der Waals surface area contributed by atoms with E-state index in [1.165, 1.54) is 55.6 Å². The van der Waals surface area contributed by atoms with Crippen LogP contribution in [-0.4, -0.2) is 0 Å². The maximum Gasteiger partial charge on any atom is 0.131 e. The van der Waals surface area contributed by atoms with Crippen LogP contribution in [0.4, 0.5) is 17.1 Å². The smallest absolute Gasteiger partial charge is 0.131 e. The lowest BCUT2D eigenvalue weighted by atomic mass is 9.66. The topological polar surface area (TPSA) is 12.5 Å². The third-order valence-corrected chi connectivity index (χ3v) is 12.8. The predicted molar refractivity (Wildman–Crippen MR) is 248 cm³/mol. The summed E-state index contributed by atoms with van der Waals surface area (Å²) < 4.78 is 6.55. The lowest BCUT2D eigenvalue weighted by Crippen LogP contribution is -2.29. The Bertz CT molecular complexity index is 3010. The van der Waals surface area contributed by atoms with Gasteiger partial charge in [-0.2, -0.15) is 0 Å². The molecule has 0 spiro atoms. The molecule has 0 unspecified atom stereocenters. The van der Waals surface area contributed by atoms with Gasteiger partial charge in [-0.05, 0) is 104 Å². The molecule has 1 aliphatic heterocycles. The predicted octanol–water partition coefficient (Wildman–Crippen LogP) is 15.3. The molecule has 286 valence electrons. The van der Waals surface area contributed by atoms with Gasteiger partial charge in [0.2, 0.25) is 0 Å². The van der Waals surface area contributed by atoms with E-state index < -0.39 is 5.41 Å². The summed E-state index contributed by atoms with van der Waals surface area (Å²) in [5.74, 6) is 1.81. The van der Waals surface area contributed by atoms with Crippen molar-refractivity contribution in [3.8, 4) is 44.9 Å². The number of benzene rings is 9. The summed E-state index contributed by atoms with van der Waals surface area (Å²) in [5, 5.41) is 0. The Morgan fingerprint density at radius 3 is 1.47 bits per heavy atom. The molecule has 1 heterocycles. The molecule has 0 amide bonds. The van der Waals surface area contributed by atoms with Crippen LogP contribution in [0, 0.1) is 0 Å². The van der Waals surface area contributed by atoms with Crippen LogP contribution in [-0.2, 0) is 10.8 Å². The fourth-order valence-electron chi connectivity index (χ4n) is 10.0. The lowest BCUT2D eigenvalue weighted by molar-refractivity contribution is 0.418. The minimum Gasteiger partial charge on any atom is -0.457 e. The van der Waals surface area contributed by atoms with Gasteiger partial charge in [-0.1, -0.05) is 190 Å². The van der Waals surface area contributed by atoms with Crippen LogP contribution in [0.15, 0.2) is 224 Å². The van der Waals surface area contributed by atoms with E-state index in [4.69, 9.17) is 4.74 Å². The van der Waals surface area contributed by atoms with Gasteiger partial charge in [0.1, 0.15) is 11.5 Å². The van der Waals surface area contributed by atoms with Crippen LogP contribution in [0.3, 0.4) is 0 Å². The van der Waals surface area contributed by atoms with Crippen molar-refractivity contribution in [3.63, 3.8) is 0 Å². The summed E-state index contributed by atoms with van der Waals surface area (Å²) in [7, 11) is 0. The van der Waals surface area contributed by atoms with Crippen molar-refractivity contribution in [1.29, 1.82) is 0 Å². The summed E-state index contributed by atoms with van der Waals surface area (Å²) in [6.07, 6.45) is 0. The van der Waals surface area contributed by atoms with Crippen LogP contribution in [0.1, 0.15) is 47.2 Å². The highest BCUT2D eigenvalue weighted by Crippen LogP contribution is 2.58. The molecule has 2 aliphatic rings. The number of para-hydroxylation sites is 1. The summed E-state index contributed by atoms with van der Waals surface area (Å²) in [5.41, 5.74) is 17.2. The Balaban J connectivity index is 1.12. The van der Waals surface area contributed by atoms with Crippen LogP contribution in [0.5, 0.6) is 11.5 Å². The molecule has 60 heavy (non-hydrogen) atoms. The summed E-state index contributed by atoms with van der Waals surface area (Å²) in [4.78, 5) is 2.41. The van der Waals surface area contributed by atoms with Gasteiger partial charge in [-0.25, -0.2) is 0 Å². The first-order valence-electron chi connectivity index (χ1n) is 20.8. The van der Waals surface area contributed by atoms with Gasteiger partial charge in [-0.3, -0.25) is 0 Å². The monoisotopic (exact) mass is 769 g/mol. The average molecular weight is 770 g/mol.